The Balaban J connectivity index is 1.64. The minimum Gasteiger partial charge on any atom is -0.364 e. The number of rotatable bonds is 2. The van der Waals surface area contributed by atoms with E-state index in [1.165, 1.54) is 0 Å². The summed E-state index contributed by atoms with van der Waals surface area (Å²) in [5, 5.41) is 3.86. The first-order valence-corrected chi connectivity index (χ1v) is 7.46. The normalized spacial score (nSPS) is 25.5. The molecule has 0 aliphatic carbocycles. The predicted octanol–water partition coefficient (Wildman–Crippen LogP) is 0.0282. The van der Waals surface area contributed by atoms with Crippen molar-refractivity contribution in [2.45, 2.75) is 32.4 Å². The van der Waals surface area contributed by atoms with Crippen LogP contribution in [0.4, 0.5) is 0 Å². The molecule has 2 fully saturated rings. The molecule has 1 aromatic rings. The lowest BCUT2D eigenvalue weighted by atomic mass is 10.2. The van der Waals surface area contributed by atoms with Gasteiger partial charge in [-0.15, -0.1) is 11.3 Å². The Morgan fingerprint density at radius 1 is 1.50 bits per heavy atom. The fourth-order valence-corrected chi connectivity index (χ4v) is 3.63. The molecule has 108 valence electrons. The SMILES string of the molecule is Cc1nc(C)c(CC(=O)N2C[C@@H]3NC(=O)CO[C@H]3C2)s1. The van der Waals surface area contributed by atoms with E-state index in [9.17, 15) is 9.59 Å². The molecular weight excluding hydrogens is 278 g/mol. The van der Waals surface area contributed by atoms with Crippen LogP contribution in [0.15, 0.2) is 0 Å². The predicted molar refractivity (Wildman–Crippen MR) is 73.5 cm³/mol. The van der Waals surface area contributed by atoms with E-state index < -0.39 is 0 Å². The minimum absolute atomic E-state index is 0.0653. The van der Waals surface area contributed by atoms with Gasteiger partial charge in [0.2, 0.25) is 11.8 Å². The molecule has 1 aromatic heterocycles. The summed E-state index contributed by atoms with van der Waals surface area (Å²) in [7, 11) is 0. The Hall–Kier alpha value is -1.47. The largest absolute Gasteiger partial charge is 0.364 e. The Labute approximate surface area is 121 Å². The first kappa shape index (κ1) is 13.5. The molecule has 0 unspecified atom stereocenters. The lowest BCUT2D eigenvalue weighted by Crippen LogP contribution is -2.50. The van der Waals surface area contributed by atoms with E-state index >= 15 is 0 Å². The monoisotopic (exact) mass is 295 g/mol. The van der Waals surface area contributed by atoms with Gasteiger partial charge in [0, 0.05) is 18.0 Å². The third-order valence-corrected chi connectivity index (χ3v) is 4.78. The summed E-state index contributed by atoms with van der Waals surface area (Å²) in [6.07, 6.45) is 0.311. The van der Waals surface area contributed by atoms with Gasteiger partial charge in [-0.25, -0.2) is 4.98 Å². The van der Waals surface area contributed by atoms with Crippen molar-refractivity contribution in [1.29, 1.82) is 0 Å². The van der Waals surface area contributed by atoms with Crippen molar-refractivity contribution in [1.82, 2.24) is 15.2 Å². The van der Waals surface area contributed by atoms with Crippen LogP contribution in [0.3, 0.4) is 0 Å². The van der Waals surface area contributed by atoms with E-state index in [2.05, 4.69) is 10.3 Å². The molecule has 2 amide bonds. The van der Waals surface area contributed by atoms with Gasteiger partial charge in [0.25, 0.3) is 0 Å². The number of hydrogen-bond acceptors (Lipinski definition) is 5. The van der Waals surface area contributed by atoms with Gasteiger partial charge in [-0.1, -0.05) is 0 Å². The maximum atomic E-state index is 12.3. The highest BCUT2D eigenvalue weighted by Crippen LogP contribution is 2.21. The van der Waals surface area contributed by atoms with Crippen molar-refractivity contribution in [3.05, 3.63) is 15.6 Å². The first-order chi connectivity index (χ1) is 9.52. The highest BCUT2D eigenvalue weighted by Gasteiger charge is 2.39. The van der Waals surface area contributed by atoms with Crippen LogP contribution in [0.2, 0.25) is 0 Å². The van der Waals surface area contributed by atoms with Crippen LogP contribution < -0.4 is 5.32 Å². The van der Waals surface area contributed by atoms with Crippen LogP contribution in [0.25, 0.3) is 0 Å². The quantitative estimate of drug-likeness (QED) is 0.835. The molecule has 3 rings (SSSR count). The van der Waals surface area contributed by atoms with Gasteiger partial charge in [0.05, 0.1) is 29.3 Å². The van der Waals surface area contributed by atoms with Gasteiger partial charge in [0.1, 0.15) is 6.61 Å². The summed E-state index contributed by atoms with van der Waals surface area (Å²) in [5.41, 5.74) is 0.932. The van der Waals surface area contributed by atoms with Crippen LogP contribution in [-0.2, 0) is 20.7 Å². The summed E-state index contributed by atoms with van der Waals surface area (Å²) in [4.78, 5) is 30.7. The number of hydrogen-bond donors (Lipinski definition) is 1. The van der Waals surface area contributed by atoms with Crippen LogP contribution >= 0.6 is 11.3 Å². The molecule has 6 nitrogen and oxygen atoms in total. The molecule has 7 heteroatoms. The van der Waals surface area contributed by atoms with Crippen molar-refractivity contribution in [3.63, 3.8) is 0 Å². The van der Waals surface area contributed by atoms with Crippen LogP contribution in [-0.4, -0.2) is 53.5 Å². The fraction of sp³-hybridized carbons (Fsp3) is 0.615. The van der Waals surface area contributed by atoms with Gasteiger partial charge in [-0.05, 0) is 13.8 Å². The topological polar surface area (TPSA) is 71.5 Å². The summed E-state index contributed by atoms with van der Waals surface area (Å²) in [6.45, 7) is 5.06. The molecule has 2 saturated heterocycles. The molecular formula is C13H17N3O3S. The Kier molecular flexibility index (Phi) is 3.47. The van der Waals surface area contributed by atoms with E-state index in [0.29, 0.717) is 19.5 Å². The second-order valence-electron chi connectivity index (χ2n) is 5.24. The van der Waals surface area contributed by atoms with E-state index in [1.807, 2.05) is 13.8 Å². The third kappa shape index (κ3) is 2.55. The molecule has 20 heavy (non-hydrogen) atoms. The average Bonchev–Trinajstić information content (AvgIpc) is 2.92. The van der Waals surface area contributed by atoms with Gasteiger partial charge < -0.3 is 15.0 Å². The zero-order valence-corrected chi connectivity index (χ0v) is 12.3. The Morgan fingerprint density at radius 2 is 2.30 bits per heavy atom. The summed E-state index contributed by atoms with van der Waals surface area (Å²) in [5.74, 6) is -0.0292. The van der Waals surface area contributed by atoms with Gasteiger partial charge in [-0.2, -0.15) is 0 Å². The molecule has 0 radical (unpaired) electrons. The first-order valence-electron chi connectivity index (χ1n) is 6.64. The highest BCUT2D eigenvalue weighted by atomic mass is 32.1. The van der Waals surface area contributed by atoms with Crippen molar-refractivity contribution in [3.8, 4) is 0 Å². The number of carbonyl (C=O) groups excluding carboxylic acids is 2. The summed E-state index contributed by atoms with van der Waals surface area (Å²) in [6, 6.07) is -0.0653. The second-order valence-corrected chi connectivity index (χ2v) is 6.53. The molecule has 1 N–H and O–H groups in total. The average molecular weight is 295 g/mol. The van der Waals surface area contributed by atoms with E-state index in [0.717, 1.165) is 15.6 Å². The smallest absolute Gasteiger partial charge is 0.246 e. The number of nitrogens with one attached hydrogen (secondary N) is 1. The zero-order chi connectivity index (χ0) is 14.3. The molecule has 0 bridgehead atoms. The molecule has 3 heterocycles. The Morgan fingerprint density at radius 3 is 3.00 bits per heavy atom. The number of thiazole rings is 1. The molecule has 0 aromatic carbocycles. The minimum atomic E-state index is -0.102. The molecule has 0 saturated carbocycles. The number of ether oxygens (including phenoxy) is 1. The number of morpholine rings is 1. The van der Waals surface area contributed by atoms with Crippen LogP contribution in [0.1, 0.15) is 15.6 Å². The standard InChI is InChI=1S/C13H17N3O3S/c1-7-11(20-8(2)14-7)3-13(18)16-4-9-10(5-16)19-6-12(17)15-9/h9-10H,3-6H2,1-2H3,(H,15,17)/t9-,10-/m0/s1. The maximum Gasteiger partial charge on any atom is 0.246 e. The van der Waals surface area contributed by atoms with Gasteiger partial charge in [-0.3, -0.25) is 9.59 Å². The van der Waals surface area contributed by atoms with Crippen molar-refractivity contribution in [2.24, 2.45) is 0 Å². The summed E-state index contributed by atoms with van der Waals surface area (Å²) < 4.78 is 5.46. The van der Waals surface area contributed by atoms with Gasteiger partial charge >= 0.3 is 0 Å². The van der Waals surface area contributed by atoms with Crippen LogP contribution in [0, 0.1) is 13.8 Å². The number of carbonyl (C=O) groups is 2. The zero-order valence-electron chi connectivity index (χ0n) is 11.5. The van der Waals surface area contributed by atoms with Crippen LogP contribution in [0.5, 0.6) is 0 Å². The molecule has 0 spiro atoms. The fourth-order valence-electron chi connectivity index (χ4n) is 2.70. The lowest BCUT2D eigenvalue weighted by molar-refractivity contribution is -0.134. The maximum absolute atomic E-state index is 12.3. The number of nitrogens with zero attached hydrogens (tertiary/aromatic N) is 2. The van der Waals surface area contributed by atoms with Gasteiger partial charge in [0.15, 0.2) is 0 Å². The van der Waals surface area contributed by atoms with Crippen molar-refractivity contribution >= 4 is 23.2 Å². The van der Waals surface area contributed by atoms with E-state index in [4.69, 9.17) is 4.74 Å². The molecule has 2 aliphatic rings. The van der Waals surface area contributed by atoms with E-state index in [1.54, 1.807) is 16.2 Å². The number of aryl methyl sites for hydroxylation is 2. The molecule has 2 aliphatic heterocycles. The van der Waals surface area contributed by atoms with Crippen molar-refractivity contribution < 1.29 is 14.3 Å². The Bertz CT molecular complexity index is 557. The number of fused-ring (bicyclic) bond motifs is 1. The number of aromatic nitrogens is 1. The lowest BCUT2D eigenvalue weighted by Gasteiger charge is -2.24. The number of amides is 2. The highest BCUT2D eigenvalue weighted by molar-refractivity contribution is 7.11. The van der Waals surface area contributed by atoms with Crippen molar-refractivity contribution in [2.75, 3.05) is 19.7 Å². The van der Waals surface area contributed by atoms with E-state index in [-0.39, 0.29) is 30.6 Å². The third-order valence-electron chi connectivity index (χ3n) is 3.71. The number of likely N-dealkylation sites (tertiary alicyclic amines) is 1. The molecule has 2 atom stereocenters. The summed E-state index contributed by atoms with van der Waals surface area (Å²) >= 11 is 1.57. The second kappa shape index (κ2) is 5.14.